The van der Waals surface area contributed by atoms with E-state index in [0.29, 0.717) is 12.2 Å². The minimum absolute atomic E-state index is 0.0630. The Bertz CT molecular complexity index is 927. The fraction of sp³-hybridized carbons (Fsp3) is 0.318. The zero-order chi connectivity index (χ0) is 19.4. The number of aryl methyl sites for hydroxylation is 1. The van der Waals surface area contributed by atoms with Crippen LogP contribution in [0.25, 0.3) is 10.9 Å². The highest BCUT2D eigenvalue weighted by atomic mass is 16.5. The molecule has 142 valence electrons. The maximum atomic E-state index is 12.7. The highest BCUT2D eigenvalue weighted by Crippen LogP contribution is 2.27. The van der Waals surface area contributed by atoms with Gasteiger partial charge in [0.2, 0.25) is 0 Å². The third-order valence-corrected chi connectivity index (χ3v) is 4.85. The van der Waals surface area contributed by atoms with E-state index < -0.39 is 0 Å². The van der Waals surface area contributed by atoms with Crippen LogP contribution in [0.1, 0.15) is 28.5 Å². The lowest BCUT2D eigenvalue weighted by molar-refractivity contribution is 0.0949. The van der Waals surface area contributed by atoms with Crippen molar-refractivity contribution < 1.29 is 9.53 Å². The molecular formula is C22H27N3O2. The van der Waals surface area contributed by atoms with Crippen LogP contribution < -0.4 is 15.0 Å². The molecule has 0 atom stereocenters. The molecule has 0 aliphatic rings. The van der Waals surface area contributed by atoms with E-state index in [4.69, 9.17) is 4.74 Å². The smallest absolute Gasteiger partial charge is 0.268 e. The molecule has 0 saturated carbocycles. The molecule has 3 aromatic rings. The number of nitrogens with one attached hydrogen (secondary N) is 2. The van der Waals surface area contributed by atoms with E-state index in [2.05, 4.69) is 46.4 Å². The maximum Gasteiger partial charge on any atom is 0.268 e. The summed E-state index contributed by atoms with van der Waals surface area (Å²) in [5, 5.41) is 4.08. The second-order valence-corrected chi connectivity index (χ2v) is 6.81. The lowest BCUT2D eigenvalue weighted by Crippen LogP contribution is -2.26. The number of hydrogen-bond donors (Lipinski definition) is 2. The van der Waals surface area contributed by atoms with E-state index >= 15 is 0 Å². The van der Waals surface area contributed by atoms with Crippen molar-refractivity contribution in [1.29, 1.82) is 0 Å². The predicted molar refractivity (Wildman–Crippen MR) is 111 cm³/mol. The van der Waals surface area contributed by atoms with Crippen molar-refractivity contribution in [2.24, 2.45) is 0 Å². The SMILES string of the molecule is CCc1c(C(=O)NCCc2ccc(N(C)C)cc2)[nH]c2ccc(OC)cc12. The highest BCUT2D eigenvalue weighted by molar-refractivity contribution is 6.01. The molecule has 0 spiro atoms. The summed E-state index contributed by atoms with van der Waals surface area (Å²) in [6.07, 6.45) is 1.58. The van der Waals surface area contributed by atoms with Crippen molar-refractivity contribution in [2.45, 2.75) is 19.8 Å². The molecule has 0 aliphatic heterocycles. The summed E-state index contributed by atoms with van der Waals surface area (Å²) in [5.41, 5.74) is 5.00. The molecule has 2 aromatic carbocycles. The van der Waals surface area contributed by atoms with Crippen LogP contribution in [-0.2, 0) is 12.8 Å². The summed E-state index contributed by atoms with van der Waals surface area (Å²) in [7, 11) is 5.70. The van der Waals surface area contributed by atoms with Crippen molar-refractivity contribution in [3.05, 3.63) is 59.3 Å². The first-order valence-electron chi connectivity index (χ1n) is 9.26. The molecule has 0 fully saturated rings. The molecule has 0 aliphatic carbocycles. The van der Waals surface area contributed by atoms with E-state index in [1.807, 2.05) is 32.3 Å². The Kier molecular flexibility index (Phi) is 5.69. The van der Waals surface area contributed by atoms with Gasteiger partial charge in [0, 0.05) is 37.2 Å². The van der Waals surface area contributed by atoms with Gasteiger partial charge in [0.15, 0.2) is 0 Å². The molecule has 0 bridgehead atoms. The number of nitrogens with zero attached hydrogens (tertiary/aromatic N) is 1. The minimum atomic E-state index is -0.0630. The molecule has 5 nitrogen and oxygen atoms in total. The maximum absolute atomic E-state index is 12.7. The van der Waals surface area contributed by atoms with Gasteiger partial charge in [-0.05, 0) is 54.3 Å². The number of carbonyl (C=O) groups excluding carboxylic acids is 1. The van der Waals surface area contributed by atoms with Crippen molar-refractivity contribution >= 4 is 22.5 Å². The van der Waals surface area contributed by atoms with E-state index in [1.54, 1.807) is 7.11 Å². The number of anilines is 1. The van der Waals surface area contributed by atoms with E-state index in [-0.39, 0.29) is 5.91 Å². The first-order valence-corrected chi connectivity index (χ1v) is 9.26. The van der Waals surface area contributed by atoms with Crippen LogP contribution in [-0.4, -0.2) is 38.6 Å². The van der Waals surface area contributed by atoms with Gasteiger partial charge in [0.1, 0.15) is 11.4 Å². The van der Waals surface area contributed by atoms with Crippen LogP contribution in [0.4, 0.5) is 5.69 Å². The fourth-order valence-electron chi connectivity index (χ4n) is 3.28. The van der Waals surface area contributed by atoms with Gasteiger partial charge in [0.05, 0.1) is 7.11 Å². The zero-order valence-electron chi connectivity index (χ0n) is 16.4. The zero-order valence-corrected chi connectivity index (χ0v) is 16.4. The number of aromatic nitrogens is 1. The minimum Gasteiger partial charge on any atom is -0.497 e. The molecule has 27 heavy (non-hydrogen) atoms. The van der Waals surface area contributed by atoms with E-state index in [0.717, 1.165) is 35.1 Å². The van der Waals surface area contributed by atoms with Crippen LogP contribution in [0.2, 0.25) is 0 Å². The second-order valence-electron chi connectivity index (χ2n) is 6.81. The molecule has 0 radical (unpaired) electrons. The molecule has 5 heteroatoms. The number of rotatable bonds is 7. The number of ether oxygens (including phenoxy) is 1. The lowest BCUT2D eigenvalue weighted by atomic mass is 10.1. The van der Waals surface area contributed by atoms with Crippen molar-refractivity contribution in [3.8, 4) is 5.75 Å². The number of H-pyrrole nitrogens is 1. The van der Waals surface area contributed by atoms with Gasteiger partial charge >= 0.3 is 0 Å². The Labute approximate surface area is 160 Å². The summed E-state index contributed by atoms with van der Waals surface area (Å²) >= 11 is 0. The van der Waals surface area contributed by atoms with Crippen LogP contribution in [0.3, 0.4) is 0 Å². The first-order chi connectivity index (χ1) is 13.0. The van der Waals surface area contributed by atoms with Crippen molar-refractivity contribution in [1.82, 2.24) is 10.3 Å². The Hall–Kier alpha value is -2.95. The van der Waals surface area contributed by atoms with Crippen LogP contribution in [0, 0.1) is 0 Å². The fourth-order valence-corrected chi connectivity index (χ4v) is 3.28. The Morgan fingerprint density at radius 1 is 1.15 bits per heavy atom. The van der Waals surface area contributed by atoms with Crippen molar-refractivity contribution in [2.75, 3.05) is 32.6 Å². The predicted octanol–water partition coefficient (Wildman–Crippen LogP) is 3.78. The van der Waals surface area contributed by atoms with Gasteiger partial charge in [-0.15, -0.1) is 0 Å². The molecule has 2 N–H and O–H groups in total. The number of carbonyl (C=O) groups is 1. The molecule has 1 heterocycles. The van der Waals surface area contributed by atoms with Gasteiger partial charge in [-0.2, -0.15) is 0 Å². The average Bonchev–Trinajstić information content (AvgIpc) is 3.06. The largest absolute Gasteiger partial charge is 0.497 e. The van der Waals surface area contributed by atoms with Gasteiger partial charge < -0.3 is 19.9 Å². The number of amides is 1. The molecule has 3 rings (SSSR count). The van der Waals surface area contributed by atoms with E-state index in [1.165, 1.54) is 11.3 Å². The summed E-state index contributed by atoms with van der Waals surface area (Å²) < 4.78 is 5.31. The third-order valence-electron chi connectivity index (χ3n) is 4.85. The summed E-state index contributed by atoms with van der Waals surface area (Å²) in [5.74, 6) is 0.733. The number of benzene rings is 2. The van der Waals surface area contributed by atoms with Gasteiger partial charge in [-0.1, -0.05) is 19.1 Å². The summed E-state index contributed by atoms with van der Waals surface area (Å²) in [6.45, 7) is 2.66. The number of fused-ring (bicyclic) bond motifs is 1. The van der Waals surface area contributed by atoms with Gasteiger partial charge in [-0.25, -0.2) is 0 Å². The first kappa shape index (κ1) is 18.8. The van der Waals surface area contributed by atoms with Gasteiger partial charge in [0.25, 0.3) is 5.91 Å². The Morgan fingerprint density at radius 3 is 2.52 bits per heavy atom. The Balaban J connectivity index is 1.68. The molecule has 1 amide bonds. The molecule has 0 unspecified atom stereocenters. The van der Waals surface area contributed by atoms with Crippen LogP contribution >= 0.6 is 0 Å². The number of hydrogen-bond acceptors (Lipinski definition) is 3. The standard InChI is InChI=1S/C22H27N3O2/c1-5-18-19-14-17(27-4)10-11-20(19)24-21(18)22(26)23-13-12-15-6-8-16(9-7-15)25(2)3/h6-11,14,24H,5,12-13H2,1-4H3,(H,23,26). The summed E-state index contributed by atoms with van der Waals surface area (Å²) in [6, 6.07) is 14.2. The van der Waals surface area contributed by atoms with Crippen molar-refractivity contribution in [3.63, 3.8) is 0 Å². The normalized spacial score (nSPS) is 10.8. The Morgan fingerprint density at radius 2 is 1.89 bits per heavy atom. The molecule has 0 saturated heterocycles. The lowest BCUT2D eigenvalue weighted by Gasteiger charge is -2.12. The highest BCUT2D eigenvalue weighted by Gasteiger charge is 2.16. The second kappa shape index (κ2) is 8.16. The topological polar surface area (TPSA) is 57.4 Å². The number of methoxy groups -OCH3 is 1. The summed E-state index contributed by atoms with van der Waals surface area (Å²) in [4.78, 5) is 18.0. The quantitative estimate of drug-likeness (QED) is 0.670. The van der Waals surface area contributed by atoms with Crippen LogP contribution in [0.15, 0.2) is 42.5 Å². The molecular weight excluding hydrogens is 338 g/mol. The number of aromatic amines is 1. The van der Waals surface area contributed by atoms with Crippen LogP contribution in [0.5, 0.6) is 5.75 Å². The third kappa shape index (κ3) is 4.08. The average molecular weight is 365 g/mol. The van der Waals surface area contributed by atoms with Gasteiger partial charge in [-0.3, -0.25) is 4.79 Å². The van der Waals surface area contributed by atoms with E-state index in [9.17, 15) is 4.79 Å². The molecule has 1 aromatic heterocycles. The monoisotopic (exact) mass is 365 g/mol.